The molecule has 0 aliphatic carbocycles. The van der Waals surface area contributed by atoms with Crippen LogP contribution in [0.15, 0.2) is 54.2 Å². The fraction of sp³-hybridized carbons (Fsp3) is 0.318. The van der Waals surface area contributed by atoms with E-state index in [1.165, 1.54) is 13.2 Å². The summed E-state index contributed by atoms with van der Waals surface area (Å²) in [6.45, 7) is 1.03. The summed E-state index contributed by atoms with van der Waals surface area (Å²) in [5, 5.41) is 0. The second kappa shape index (κ2) is 7.20. The Kier molecular flexibility index (Phi) is 4.73. The van der Waals surface area contributed by atoms with Crippen molar-refractivity contribution >= 4 is 5.97 Å². The molecule has 2 aliphatic heterocycles. The average molecular weight is 381 g/mol. The van der Waals surface area contributed by atoms with E-state index < -0.39 is 5.72 Å². The van der Waals surface area contributed by atoms with Crippen molar-refractivity contribution in [1.82, 2.24) is 4.90 Å². The highest BCUT2D eigenvalue weighted by molar-refractivity contribution is 5.82. The van der Waals surface area contributed by atoms with Crippen LogP contribution in [0.1, 0.15) is 16.7 Å². The number of carbonyl (C=O) groups is 1. The zero-order chi connectivity index (χ0) is 19.7. The Balaban J connectivity index is 1.94. The summed E-state index contributed by atoms with van der Waals surface area (Å²) in [5.41, 5.74) is 3.11. The lowest BCUT2D eigenvalue weighted by Gasteiger charge is -2.44. The number of ether oxygens (including phenoxy) is 4. The van der Waals surface area contributed by atoms with Crippen molar-refractivity contribution in [2.75, 3.05) is 34.5 Å². The van der Waals surface area contributed by atoms with E-state index in [2.05, 4.69) is 4.90 Å². The topological polar surface area (TPSA) is 57.2 Å². The second-order valence-electron chi connectivity index (χ2n) is 6.72. The molecule has 2 aromatic rings. The molecule has 0 radical (unpaired) electrons. The molecule has 0 spiro atoms. The summed E-state index contributed by atoms with van der Waals surface area (Å²) >= 11 is 0. The van der Waals surface area contributed by atoms with Gasteiger partial charge in [0, 0.05) is 29.4 Å². The Bertz CT molecular complexity index is 924. The van der Waals surface area contributed by atoms with E-state index in [1.807, 2.05) is 42.5 Å². The number of nitrogens with zero attached hydrogens (tertiary/aromatic N) is 1. The van der Waals surface area contributed by atoms with Crippen LogP contribution in [-0.4, -0.2) is 45.4 Å². The van der Waals surface area contributed by atoms with Gasteiger partial charge in [0.05, 0.1) is 27.9 Å². The van der Waals surface area contributed by atoms with Crippen LogP contribution in [-0.2, 0) is 26.4 Å². The molecule has 6 nitrogen and oxygen atoms in total. The lowest BCUT2D eigenvalue weighted by Crippen LogP contribution is -2.47. The van der Waals surface area contributed by atoms with Gasteiger partial charge in [-0.15, -0.1) is 0 Å². The first-order valence-corrected chi connectivity index (χ1v) is 9.15. The Morgan fingerprint density at radius 3 is 2.50 bits per heavy atom. The molecule has 1 fully saturated rings. The predicted molar refractivity (Wildman–Crippen MR) is 103 cm³/mol. The molecule has 0 amide bonds. The first kappa shape index (κ1) is 18.4. The Morgan fingerprint density at radius 1 is 1.11 bits per heavy atom. The van der Waals surface area contributed by atoms with Gasteiger partial charge in [-0.05, 0) is 24.1 Å². The Hall–Kier alpha value is -2.99. The van der Waals surface area contributed by atoms with Crippen LogP contribution in [0.4, 0.5) is 0 Å². The van der Waals surface area contributed by atoms with Gasteiger partial charge in [-0.3, -0.25) is 0 Å². The second-order valence-corrected chi connectivity index (χ2v) is 6.72. The van der Waals surface area contributed by atoms with Gasteiger partial charge in [-0.25, -0.2) is 4.79 Å². The number of esters is 1. The van der Waals surface area contributed by atoms with E-state index in [0.29, 0.717) is 24.7 Å². The molecule has 6 heteroatoms. The Morgan fingerprint density at radius 2 is 1.82 bits per heavy atom. The zero-order valence-corrected chi connectivity index (χ0v) is 16.2. The van der Waals surface area contributed by atoms with Gasteiger partial charge in [-0.2, -0.15) is 0 Å². The minimum absolute atomic E-state index is 0.317. The first-order valence-electron chi connectivity index (χ1n) is 9.15. The maximum absolute atomic E-state index is 11.9. The monoisotopic (exact) mass is 381 g/mol. The lowest BCUT2D eigenvalue weighted by molar-refractivity contribution is -0.135. The number of benzene rings is 2. The molecule has 4 rings (SSSR count). The number of rotatable bonds is 4. The van der Waals surface area contributed by atoms with Gasteiger partial charge in [0.15, 0.2) is 17.2 Å². The minimum atomic E-state index is -0.825. The summed E-state index contributed by atoms with van der Waals surface area (Å²) in [6.07, 6.45) is 2.31. The molecule has 28 heavy (non-hydrogen) atoms. The molecule has 2 aromatic carbocycles. The highest BCUT2D eigenvalue weighted by Crippen LogP contribution is 2.50. The number of hydrogen-bond acceptors (Lipinski definition) is 6. The fourth-order valence-electron chi connectivity index (χ4n) is 4.11. The van der Waals surface area contributed by atoms with Crippen LogP contribution < -0.4 is 9.47 Å². The summed E-state index contributed by atoms with van der Waals surface area (Å²) < 4.78 is 22.3. The normalized spacial score (nSPS) is 21.8. The van der Waals surface area contributed by atoms with E-state index >= 15 is 0 Å². The van der Waals surface area contributed by atoms with Crippen LogP contribution in [0.3, 0.4) is 0 Å². The van der Waals surface area contributed by atoms with Crippen molar-refractivity contribution in [1.29, 1.82) is 0 Å². The molecule has 0 saturated carbocycles. The van der Waals surface area contributed by atoms with Crippen LogP contribution in [0, 0.1) is 0 Å². The highest BCUT2D eigenvalue weighted by Gasteiger charge is 2.51. The lowest BCUT2D eigenvalue weighted by atomic mass is 9.84. The molecule has 146 valence electrons. The Labute approximate surface area is 164 Å². The number of hydrogen-bond donors (Lipinski definition) is 0. The molecule has 1 atom stereocenters. The van der Waals surface area contributed by atoms with Crippen molar-refractivity contribution in [3.63, 3.8) is 0 Å². The third-order valence-electron chi connectivity index (χ3n) is 5.39. The molecule has 2 aliphatic rings. The van der Waals surface area contributed by atoms with Crippen LogP contribution >= 0.6 is 0 Å². The third kappa shape index (κ3) is 2.72. The molecule has 1 saturated heterocycles. The summed E-state index contributed by atoms with van der Waals surface area (Å²) in [7, 11) is 4.63. The molecule has 0 N–H and O–H groups in total. The molecular weight excluding hydrogens is 358 g/mol. The third-order valence-corrected chi connectivity index (χ3v) is 5.39. The number of methoxy groups -OCH3 is 3. The largest absolute Gasteiger partial charge is 0.493 e. The molecular formula is C22H23NO5. The van der Waals surface area contributed by atoms with Crippen molar-refractivity contribution in [3.05, 3.63) is 70.9 Å². The number of carbonyl (C=O) groups excluding carboxylic acids is 1. The fourth-order valence-corrected chi connectivity index (χ4v) is 4.11. The van der Waals surface area contributed by atoms with E-state index in [0.717, 1.165) is 28.8 Å². The van der Waals surface area contributed by atoms with Gasteiger partial charge in [0.2, 0.25) is 0 Å². The predicted octanol–water partition coefficient (Wildman–Crippen LogP) is 2.85. The maximum atomic E-state index is 11.9. The van der Waals surface area contributed by atoms with E-state index in [1.54, 1.807) is 14.2 Å². The smallest absolute Gasteiger partial charge is 0.332 e. The quantitative estimate of drug-likeness (QED) is 0.600. The van der Waals surface area contributed by atoms with E-state index in [-0.39, 0.29) is 5.97 Å². The average Bonchev–Trinajstić information content (AvgIpc) is 3.12. The van der Waals surface area contributed by atoms with Gasteiger partial charge in [0.25, 0.3) is 0 Å². The summed E-state index contributed by atoms with van der Waals surface area (Å²) in [6, 6.07) is 14.0. The van der Waals surface area contributed by atoms with Gasteiger partial charge in [0.1, 0.15) is 0 Å². The maximum Gasteiger partial charge on any atom is 0.332 e. The van der Waals surface area contributed by atoms with Crippen LogP contribution in [0.25, 0.3) is 0 Å². The van der Waals surface area contributed by atoms with Gasteiger partial charge in [-0.1, -0.05) is 30.3 Å². The van der Waals surface area contributed by atoms with Crippen molar-refractivity contribution in [2.45, 2.75) is 12.1 Å². The SMILES string of the molecule is COC(=O)/C=C1\COC2(c3ccccc3)c3cc(OC)c(OC)cc3CCN12. The van der Waals surface area contributed by atoms with E-state index in [9.17, 15) is 4.79 Å². The van der Waals surface area contributed by atoms with Crippen LogP contribution in [0.5, 0.6) is 11.5 Å². The first-order chi connectivity index (χ1) is 13.6. The molecule has 2 heterocycles. The minimum Gasteiger partial charge on any atom is -0.493 e. The molecule has 0 aromatic heterocycles. The summed E-state index contributed by atoms with van der Waals surface area (Å²) in [5.74, 6) is 0.953. The van der Waals surface area contributed by atoms with E-state index in [4.69, 9.17) is 18.9 Å². The summed E-state index contributed by atoms with van der Waals surface area (Å²) in [4.78, 5) is 14.0. The van der Waals surface area contributed by atoms with Crippen LogP contribution in [0.2, 0.25) is 0 Å². The van der Waals surface area contributed by atoms with Crippen molar-refractivity contribution in [3.8, 4) is 11.5 Å². The highest BCUT2D eigenvalue weighted by atomic mass is 16.5. The van der Waals surface area contributed by atoms with Crippen molar-refractivity contribution < 1.29 is 23.7 Å². The zero-order valence-electron chi connectivity index (χ0n) is 16.2. The molecule has 0 bridgehead atoms. The van der Waals surface area contributed by atoms with Gasteiger partial charge >= 0.3 is 5.97 Å². The number of fused-ring (bicyclic) bond motifs is 3. The standard InChI is InChI=1S/C22H23NO5/c1-25-19-11-15-9-10-23-17(12-21(24)27-3)14-28-22(23,16-7-5-4-6-8-16)18(15)13-20(19)26-2/h4-8,11-13H,9-10,14H2,1-3H3/b17-12+. The van der Waals surface area contributed by atoms with Gasteiger partial charge < -0.3 is 23.8 Å². The molecule has 1 unspecified atom stereocenters. The van der Waals surface area contributed by atoms with Crippen molar-refractivity contribution in [2.24, 2.45) is 0 Å².